The lowest BCUT2D eigenvalue weighted by molar-refractivity contribution is 0.0639. The zero-order valence-electron chi connectivity index (χ0n) is 10.6. The molecule has 0 aromatic heterocycles. The van der Waals surface area contributed by atoms with Crippen LogP contribution in [0.25, 0.3) is 0 Å². The van der Waals surface area contributed by atoms with Crippen LogP contribution in [0.2, 0.25) is 0 Å². The Kier molecular flexibility index (Phi) is 10.3. The molecular formula is C11H26N2O2. The molecule has 0 saturated heterocycles. The lowest BCUT2D eigenvalue weighted by Gasteiger charge is -2.17. The summed E-state index contributed by atoms with van der Waals surface area (Å²) < 4.78 is 10.4. The second-order valence-corrected chi connectivity index (χ2v) is 3.97. The van der Waals surface area contributed by atoms with E-state index in [0.29, 0.717) is 6.10 Å². The van der Waals surface area contributed by atoms with Gasteiger partial charge in [-0.1, -0.05) is 0 Å². The van der Waals surface area contributed by atoms with E-state index >= 15 is 0 Å². The van der Waals surface area contributed by atoms with Crippen LogP contribution in [0, 0.1) is 0 Å². The molecule has 0 unspecified atom stereocenters. The third-order valence-corrected chi connectivity index (χ3v) is 2.08. The lowest BCUT2D eigenvalue weighted by atomic mass is 10.4. The molecule has 1 N–H and O–H groups in total. The Morgan fingerprint density at radius 3 is 2.47 bits per heavy atom. The summed E-state index contributed by atoms with van der Waals surface area (Å²) in [7, 11) is 3.83. The van der Waals surface area contributed by atoms with E-state index in [2.05, 4.69) is 31.1 Å². The number of ether oxygens (including phenoxy) is 2. The maximum atomic E-state index is 5.48. The van der Waals surface area contributed by atoms with Gasteiger partial charge in [-0.3, -0.25) is 0 Å². The Bertz CT molecular complexity index is 132. The zero-order chi connectivity index (χ0) is 11.5. The summed E-state index contributed by atoms with van der Waals surface area (Å²) in [6, 6.07) is 0. The molecule has 0 amide bonds. The second-order valence-electron chi connectivity index (χ2n) is 3.97. The topological polar surface area (TPSA) is 33.7 Å². The van der Waals surface area contributed by atoms with E-state index in [1.807, 2.05) is 0 Å². The van der Waals surface area contributed by atoms with Crippen molar-refractivity contribution < 1.29 is 9.47 Å². The molecule has 4 heteroatoms. The van der Waals surface area contributed by atoms with Gasteiger partial charge in [0.05, 0.1) is 19.3 Å². The highest BCUT2D eigenvalue weighted by Gasteiger charge is 1.98. The van der Waals surface area contributed by atoms with Gasteiger partial charge in [0.25, 0.3) is 0 Å². The first kappa shape index (κ1) is 14.8. The van der Waals surface area contributed by atoms with E-state index in [1.165, 1.54) is 0 Å². The van der Waals surface area contributed by atoms with Crippen molar-refractivity contribution in [3.8, 4) is 0 Å². The summed E-state index contributed by atoms with van der Waals surface area (Å²) in [6.45, 7) is 9.68. The molecule has 0 aromatic rings. The number of likely N-dealkylation sites (N-methyl/N-ethyl adjacent to an activating group) is 1. The summed E-state index contributed by atoms with van der Waals surface area (Å²) in [4.78, 5) is 2.27. The van der Waals surface area contributed by atoms with Gasteiger partial charge < -0.3 is 19.7 Å². The fraction of sp³-hybridized carbons (Fsp3) is 1.00. The quantitative estimate of drug-likeness (QED) is 0.544. The third-order valence-electron chi connectivity index (χ3n) is 2.08. The molecule has 0 heterocycles. The second kappa shape index (κ2) is 10.4. The minimum Gasteiger partial charge on any atom is -0.383 e. The SMILES string of the molecule is COCCNCCN(C)CCOC(C)C. The van der Waals surface area contributed by atoms with Crippen molar-refractivity contribution in [3.63, 3.8) is 0 Å². The van der Waals surface area contributed by atoms with Crippen LogP contribution >= 0.6 is 0 Å². The highest BCUT2D eigenvalue weighted by Crippen LogP contribution is 1.88. The molecule has 0 rings (SSSR count). The van der Waals surface area contributed by atoms with Crippen molar-refractivity contribution in [2.75, 3.05) is 53.6 Å². The maximum Gasteiger partial charge on any atom is 0.0596 e. The van der Waals surface area contributed by atoms with Crippen LogP contribution in [0.1, 0.15) is 13.8 Å². The lowest BCUT2D eigenvalue weighted by Crippen LogP contribution is -2.33. The number of hydrogen-bond acceptors (Lipinski definition) is 4. The Morgan fingerprint density at radius 1 is 1.13 bits per heavy atom. The molecule has 0 aliphatic heterocycles. The highest BCUT2D eigenvalue weighted by molar-refractivity contribution is 4.54. The van der Waals surface area contributed by atoms with E-state index in [0.717, 1.165) is 39.4 Å². The minimum atomic E-state index is 0.332. The normalized spacial score (nSPS) is 11.6. The fourth-order valence-corrected chi connectivity index (χ4v) is 1.13. The van der Waals surface area contributed by atoms with E-state index < -0.39 is 0 Å². The van der Waals surface area contributed by atoms with Crippen LogP contribution < -0.4 is 5.32 Å². The van der Waals surface area contributed by atoms with Gasteiger partial charge in [-0.15, -0.1) is 0 Å². The van der Waals surface area contributed by atoms with E-state index in [4.69, 9.17) is 9.47 Å². The Hall–Kier alpha value is -0.160. The van der Waals surface area contributed by atoms with Crippen LogP contribution in [-0.2, 0) is 9.47 Å². The van der Waals surface area contributed by atoms with E-state index in [9.17, 15) is 0 Å². The third kappa shape index (κ3) is 11.8. The predicted molar refractivity (Wildman–Crippen MR) is 63.3 cm³/mol. The summed E-state index contributed by atoms with van der Waals surface area (Å²) in [5, 5.41) is 3.31. The van der Waals surface area contributed by atoms with Gasteiger partial charge in [-0.25, -0.2) is 0 Å². The van der Waals surface area contributed by atoms with Crippen LogP contribution in [0.5, 0.6) is 0 Å². The molecule has 0 saturated carbocycles. The molecular weight excluding hydrogens is 192 g/mol. The molecule has 0 bridgehead atoms. The molecule has 0 radical (unpaired) electrons. The Balaban J connectivity index is 3.15. The van der Waals surface area contributed by atoms with Crippen LogP contribution in [-0.4, -0.2) is 64.6 Å². The molecule has 0 aliphatic rings. The zero-order valence-corrected chi connectivity index (χ0v) is 10.6. The average molecular weight is 218 g/mol. The molecule has 0 spiro atoms. The van der Waals surface area contributed by atoms with Crippen LogP contribution in [0.3, 0.4) is 0 Å². The van der Waals surface area contributed by atoms with Gasteiger partial charge in [0.2, 0.25) is 0 Å². The van der Waals surface area contributed by atoms with Crippen LogP contribution in [0.4, 0.5) is 0 Å². The smallest absolute Gasteiger partial charge is 0.0596 e. The van der Waals surface area contributed by atoms with Gasteiger partial charge in [0, 0.05) is 33.3 Å². The van der Waals surface area contributed by atoms with Crippen molar-refractivity contribution >= 4 is 0 Å². The van der Waals surface area contributed by atoms with Crippen molar-refractivity contribution in [2.24, 2.45) is 0 Å². The largest absolute Gasteiger partial charge is 0.383 e. The van der Waals surface area contributed by atoms with Crippen molar-refractivity contribution in [1.82, 2.24) is 10.2 Å². The number of nitrogens with zero attached hydrogens (tertiary/aromatic N) is 1. The first-order valence-corrected chi connectivity index (χ1v) is 5.66. The molecule has 92 valence electrons. The fourth-order valence-electron chi connectivity index (χ4n) is 1.13. The van der Waals surface area contributed by atoms with Crippen molar-refractivity contribution in [1.29, 1.82) is 0 Å². The average Bonchev–Trinajstić information content (AvgIpc) is 2.17. The number of rotatable bonds is 10. The molecule has 0 aromatic carbocycles. The number of nitrogens with one attached hydrogen (secondary N) is 1. The Labute approximate surface area is 93.9 Å². The van der Waals surface area contributed by atoms with Gasteiger partial charge in [-0.05, 0) is 20.9 Å². The van der Waals surface area contributed by atoms with Crippen molar-refractivity contribution in [3.05, 3.63) is 0 Å². The first-order chi connectivity index (χ1) is 7.16. The highest BCUT2D eigenvalue weighted by atomic mass is 16.5. The molecule has 0 atom stereocenters. The molecule has 4 nitrogen and oxygen atoms in total. The standard InChI is InChI=1S/C11H26N2O2/c1-11(2)15-10-8-13(3)7-5-12-6-9-14-4/h11-12H,5-10H2,1-4H3. The van der Waals surface area contributed by atoms with Gasteiger partial charge in [0.1, 0.15) is 0 Å². The maximum absolute atomic E-state index is 5.48. The van der Waals surface area contributed by atoms with Crippen LogP contribution in [0.15, 0.2) is 0 Å². The summed E-state index contributed by atoms with van der Waals surface area (Å²) in [5.41, 5.74) is 0. The van der Waals surface area contributed by atoms with E-state index in [-0.39, 0.29) is 0 Å². The number of methoxy groups -OCH3 is 1. The monoisotopic (exact) mass is 218 g/mol. The van der Waals surface area contributed by atoms with E-state index in [1.54, 1.807) is 7.11 Å². The van der Waals surface area contributed by atoms with Gasteiger partial charge >= 0.3 is 0 Å². The molecule has 0 aliphatic carbocycles. The summed E-state index contributed by atoms with van der Waals surface area (Å²) in [6.07, 6.45) is 0.332. The van der Waals surface area contributed by atoms with Gasteiger partial charge in [0.15, 0.2) is 0 Å². The van der Waals surface area contributed by atoms with Gasteiger partial charge in [-0.2, -0.15) is 0 Å². The first-order valence-electron chi connectivity index (χ1n) is 5.66. The number of hydrogen-bond donors (Lipinski definition) is 1. The summed E-state index contributed by atoms with van der Waals surface area (Å²) in [5.74, 6) is 0. The summed E-state index contributed by atoms with van der Waals surface area (Å²) >= 11 is 0. The predicted octanol–water partition coefficient (Wildman–Crippen LogP) is 0.579. The molecule has 0 fully saturated rings. The van der Waals surface area contributed by atoms with Crippen molar-refractivity contribution in [2.45, 2.75) is 20.0 Å². The minimum absolute atomic E-state index is 0.332. The molecule has 15 heavy (non-hydrogen) atoms. The Morgan fingerprint density at radius 2 is 1.87 bits per heavy atom.